The summed E-state index contributed by atoms with van der Waals surface area (Å²) in [6, 6.07) is 2.02. The molecule has 1 unspecified atom stereocenters. The van der Waals surface area contributed by atoms with E-state index in [1.165, 1.54) is 12.0 Å². The lowest BCUT2D eigenvalue weighted by Gasteiger charge is -2.30. The summed E-state index contributed by atoms with van der Waals surface area (Å²) >= 11 is 1.63. The van der Waals surface area contributed by atoms with E-state index in [0.717, 1.165) is 24.3 Å². The van der Waals surface area contributed by atoms with Gasteiger partial charge in [-0.2, -0.15) is 5.10 Å². The van der Waals surface area contributed by atoms with Gasteiger partial charge in [-0.1, -0.05) is 6.42 Å². The van der Waals surface area contributed by atoms with Crippen LogP contribution < -0.4 is 5.43 Å². The Labute approximate surface area is 112 Å². The van der Waals surface area contributed by atoms with Crippen molar-refractivity contribution in [1.29, 1.82) is 0 Å². The Hall–Kier alpha value is -1.20. The second kappa shape index (κ2) is 6.11. The molecule has 1 fully saturated rings. The summed E-state index contributed by atoms with van der Waals surface area (Å²) in [5.74, 6) is 0.00246. The van der Waals surface area contributed by atoms with Gasteiger partial charge < -0.3 is 0 Å². The van der Waals surface area contributed by atoms with Gasteiger partial charge in [-0.3, -0.25) is 9.69 Å². The molecule has 1 N–H and O–H groups in total. The topological polar surface area (TPSA) is 44.7 Å². The number of nitrogens with zero attached hydrogens (tertiary/aromatic N) is 2. The highest BCUT2D eigenvalue weighted by atomic mass is 32.1. The number of piperidine rings is 1. The Kier molecular flexibility index (Phi) is 4.49. The lowest BCUT2D eigenvalue weighted by atomic mass is 10.0. The SMILES string of the molecule is Cc1ccsc1C=NNC(=O)C1CCCCN1C. The maximum atomic E-state index is 12.0. The third kappa shape index (κ3) is 3.17. The van der Waals surface area contributed by atoms with Gasteiger partial charge in [0.1, 0.15) is 0 Å². The fourth-order valence-electron chi connectivity index (χ4n) is 2.15. The Morgan fingerprint density at radius 1 is 1.61 bits per heavy atom. The zero-order valence-corrected chi connectivity index (χ0v) is 11.7. The Morgan fingerprint density at radius 3 is 3.11 bits per heavy atom. The van der Waals surface area contributed by atoms with Crippen LogP contribution in [0.25, 0.3) is 0 Å². The number of rotatable bonds is 3. The first kappa shape index (κ1) is 13.2. The molecule has 1 aliphatic rings. The number of hydrogen-bond acceptors (Lipinski definition) is 4. The number of likely N-dealkylation sites (N-methyl/N-ethyl adjacent to an activating group) is 1. The van der Waals surface area contributed by atoms with E-state index < -0.39 is 0 Å². The molecule has 1 aromatic rings. The maximum Gasteiger partial charge on any atom is 0.257 e. The average molecular weight is 265 g/mol. The second-order valence-corrected chi connectivity index (χ2v) is 5.64. The monoisotopic (exact) mass is 265 g/mol. The van der Waals surface area contributed by atoms with Crippen molar-refractivity contribution in [2.75, 3.05) is 13.6 Å². The zero-order chi connectivity index (χ0) is 13.0. The van der Waals surface area contributed by atoms with Crippen molar-refractivity contribution in [2.24, 2.45) is 5.10 Å². The number of hydrogen-bond donors (Lipinski definition) is 1. The van der Waals surface area contributed by atoms with Crippen molar-refractivity contribution in [3.8, 4) is 0 Å². The van der Waals surface area contributed by atoms with Gasteiger partial charge in [-0.05, 0) is 50.4 Å². The molecule has 2 heterocycles. The molecule has 1 amide bonds. The van der Waals surface area contributed by atoms with Gasteiger partial charge in [0.25, 0.3) is 5.91 Å². The Morgan fingerprint density at radius 2 is 2.44 bits per heavy atom. The predicted octanol–water partition coefficient (Wildman–Crippen LogP) is 1.99. The van der Waals surface area contributed by atoms with E-state index in [9.17, 15) is 4.79 Å². The van der Waals surface area contributed by atoms with Crippen molar-refractivity contribution < 1.29 is 4.79 Å². The fourth-order valence-corrected chi connectivity index (χ4v) is 2.94. The molecule has 2 rings (SSSR count). The number of nitrogens with one attached hydrogen (secondary N) is 1. The average Bonchev–Trinajstić information content (AvgIpc) is 2.75. The number of thiophene rings is 1. The Balaban J connectivity index is 1.88. The summed E-state index contributed by atoms with van der Waals surface area (Å²) in [6.45, 7) is 3.03. The molecule has 1 atom stereocenters. The first-order valence-corrected chi connectivity index (χ1v) is 7.13. The minimum absolute atomic E-state index is 0.00246. The molecule has 0 bridgehead atoms. The van der Waals surface area contributed by atoms with E-state index in [4.69, 9.17) is 0 Å². The van der Waals surface area contributed by atoms with Gasteiger partial charge in [0.05, 0.1) is 12.3 Å². The molecule has 0 spiro atoms. The highest BCUT2D eigenvalue weighted by molar-refractivity contribution is 7.11. The molecule has 5 heteroatoms. The van der Waals surface area contributed by atoms with Crippen LogP contribution in [-0.2, 0) is 4.79 Å². The largest absolute Gasteiger partial charge is 0.295 e. The van der Waals surface area contributed by atoms with Gasteiger partial charge in [0.15, 0.2) is 0 Å². The molecule has 4 nitrogen and oxygen atoms in total. The molecule has 98 valence electrons. The van der Waals surface area contributed by atoms with E-state index >= 15 is 0 Å². The molecular formula is C13H19N3OS. The van der Waals surface area contributed by atoms with Gasteiger partial charge in [0.2, 0.25) is 0 Å². The molecule has 18 heavy (non-hydrogen) atoms. The van der Waals surface area contributed by atoms with E-state index in [0.29, 0.717) is 0 Å². The van der Waals surface area contributed by atoms with E-state index in [1.54, 1.807) is 17.6 Å². The van der Waals surface area contributed by atoms with Crippen molar-refractivity contribution in [2.45, 2.75) is 32.2 Å². The quantitative estimate of drug-likeness (QED) is 0.671. The van der Waals surface area contributed by atoms with Crippen molar-refractivity contribution in [3.63, 3.8) is 0 Å². The standard InChI is InChI=1S/C13H19N3OS/c1-10-6-8-18-12(10)9-14-15-13(17)11-5-3-4-7-16(11)2/h6,8-9,11H,3-5,7H2,1-2H3,(H,15,17). The minimum atomic E-state index is -0.0275. The molecule has 0 saturated carbocycles. The molecule has 0 radical (unpaired) electrons. The summed E-state index contributed by atoms with van der Waals surface area (Å²) in [5.41, 5.74) is 3.83. The zero-order valence-electron chi connectivity index (χ0n) is 10.8. The van der Waals surface area contributed by atoms with Crippen LogP contribution >= 0.6 is 11.3 Å². The number of carbonyl (C=O) groups excluding carboxylic acids is 1. The Bertz CT molecular complexity index is 441. The van der Waals surface area contributed by atoms with Crippen LogP contribution in [0, 0.1) is 6.92 Å². The van der Waals surface area contributed by atoms with Crippen LogP contribution in [0.1, 0.15) is 29.7 Å². The van der Waals surface area contributed by atoms with E-state index in [-0.39, 0.29) is 11.9 Å². The van der Waals surface area contributed by atoms with Crippen LogP contribution in [0.2, 0.25) is 0 Å². The molecule has 0 aliphatic carbocycles. The lowest BCUT2D eigenvalue weighted by molar-refractivity contribution is -0.126. The number of amides is 1. The van der Waals surface area contributed by atoms with E-state index in [1.807, 2.05) is 25.4 Å². The maximum absolute atomic E-state index is 12.0. The first-order chi connectivity index (χ1) is 8.68. The minimum Gasteiger partial charge on any atom is -0.295 e. The summed E-state index contributed by atoms with van der Waals surface area (Å²) in [6.07, 6.45) is 4.95. The number of likely N-dealkylation sites (tertiary alicyclic amines) is 1. The van der Waals surface area contributed by atoms with Gasteiger partial charge >= 0.3 is 0 Å². The number of aryl methyl sites for hydroxylation is 1. The summed E-state index contributed by atoms with van der Waals surface area (Å²) in [4.78, 5) is 15.2. The smallest absolute Gasteiger partial charge is 0.257 e. The molecule has 0 aromatic carbocycles. The number of hydrazone groups is 1. The summed E-state index contributed by atoms with van der Waals surface area (Å²) < 4.78 is 0. The van der Waals surface area contributed by atoms with Crippen LogP contribution in [0.4, 0.5) is 0 Å². The van der Waals surface area contributed by atoms with Crippen LogP contribution in [-0.4, -0.2) is 36.7 Å². The summed E-state index contributed by atoms with van der Waals surface area (Å²) in [7, 11) is 2.00. The first-order valence-electron chi connectivity index (χ1n) is 6.26. The lowest BCUT2D eigenvalue weighted by Crippen LogP contribution is -2.46. The highest BCUT2D eigenvalue weighted by Gasteiger charge is 2.25. The van der Waals surface area contributed by atoms with Crippen LogP contribution in [0.5, 0.6) is 0 Å². The fraction of sp³-hybridized carbons (Fsp3) is 0.538. The third-order valence-corrected chi connectivity index (χ3v) is 4.28. The third-order valence-electron chi connectivity index (χ3n) is 3.33. The molecule has 1 saturated heterocycles. The number of carbonyl (C=O) groups is 1. The van der Waals surface area contributed by atoms with Crippen molar-refractivity contribution in [3.05, 3.63) is 21.9 Å². The van der Waals surface area contributed by atoms with Crippen LogP contribution in [0.3, 0.4) is 0 Å². The normalized spacial score (nSPS) is 21.3. The van der Waals surface area contributed by atoms with Crippen molar-refractivity contribution in [1.82, 2.24) is 10.3 Å². The second-order valence-electron chi connectivity index (χ2n) is 4.69. The van der Waals surface area contributed by atoms with Gasteiger partial charge in [0, 0.05) is 4.88 Å². The van der Waals surface area contributed by atoms with Crippen molar-refractivity contribution >= 4 is 23.5 Å². The van der Waals surface area contributed by atoms with E-state index in [2.05, 4.69) is 15.4 Å². The van der Waals surface area contributed by atoms with Gasteiger partial charge in [-0.15, -0.1) is 11.3 Å². The molecule has 1 aliphatic heterocycles. The highest BCUT2D eigenvalue weighted by Crippen LogP contribution is 2.15. The van der Waals surface area contributed by atoms with Gasteiger partial charge in [-0.25, -0.2) is 5.43 Å². The molecule has 1 aromatic heterocycles. The molecular weight excluding hydrogens is 246 g/mol. The predicted molar refractivity (Wildman–Crippen MR) is 75.1 cm³/mol. The van der Waals surface area contributed by atoms with Crippen LogP contribution in [0.15, 0.2) is 16.5 Å². The summed E-state index contributed by atoms with van der Waals surface area (Å²) in [5, 5.41) is 6.06.